The number of imide groups is 1. The Morgan fingerprint density at radius 3 is 2.14 bits per heavy atom. The quantitative estimate of drug-likeness (QED) is 0.207. The van der Waals surface area contributed by atoms with Gasteiger partial charge < -0.3 is 15.4 Å². The van der Waals surface area contributed by atoms with Crippen molar-refractivity contribution >= 4 is 87.2 Å². The molecular weight excluding hydrogens is 564 g/mol. The largest absolute Gasteiger partial charge is 0.465 e. The van der Waals surface area contributed by atoms with Crippen LogP contribution in [-0.4, -0.2) is 30.8 Å². The number of halogens is 4. The van der Waals surface area contributed by atoms with Crippen molar-refractivity contribution in [1.29, 1.82) is 0 Å². The zero-order valence-electron chi connectivity index (χ0n) is 18.8. The van der Waals surface area contributed by atoms with Gasteiger partial charge in [-0.25, -0.2) is 9.69 Å². The molecule has 0 radical (unpaired) electrons. The maximum atomic E-state index is 13.1. The van der Waals surface area contributed by atoms with Crippen molar-refractivity contribution in [3.8, 4) is 0 Å². The minimum absolute atomic E-state index is 0.0207. The van der Waals surface area contributed by atoms with Crippen LogP contribution in [0.5, 0.6) is 0 Å². The number of rotatable bonds is 6. The second-order valence-corrected chi connectivity index (χ2v) is 9.18. The molecule has 1 heterocycles. The molecule has 188 valence electrons. The molecule has 37 heavy (non-hydrogen) atoms. The molecule has 2 N–H and O–H groups in total. The lowest BCUT2D eigenvalue weighted by molar-refractivity contribution is -0.120. The van der Waals surface area contributed by atoms with Crippen LogP contribution in [0.25, 0.3) is 0 Å². The van der Waals surface area contributed by atoms with Gasteiger partial charge in [0.05, 0.1) is 33.4 Å². The van der Waals surface area contributed by atoms with E-state index in [4.69, 9.17) is 46.4 Å². The molecule has 0 saturated heterocycles. The number of hydrogen-bond acceptors (Lipinski definition) is 6. The molecule has 0 aliphatic carbocycles. The van der Waals surface area contributed by atoms with Gasteiger partial charge in [0.2, 0.25) is 0 Å². The van der Waals surface area contributed by atoms with Gasteiger partial charge in [0, 0.05) is 16.9 Å². The molecule has 0 saturated carbocycles. The first-order chi connectivity index (χ1) is 17.6. The predicted molar refractivity (Wildman–Crippen MR) is 143 cm³/mol. The summed E-state index contributed by atoms with van der Waals surface area (Å²) in [6.07, 6.45) is 0. The number of hydrogen-bond donors (Lipinski definition) is 2. The third kappa shape index (κ3) is 5.42. The first kappa shape index (κ1) is 26.5. The number of nitrogens with one attached hydrogen (secondary N) is 2. The van der Waals surface area contributed by atoms with Gasteiger partial charge in [0.1, 0.15) is 10.7 Å². The Hall–Kier alpha value is -3.56. The highest BCUT2D eigenvalue weighted by Gasteiger charge is 2.40. The third-order valence-corrected chi connectivity index (χ3v) is 6.59. The molecule has 3 aromatic carbocycles. The van der Waals surface area contributed by atoms with Crippen LogP contribution in [0.4, 0.5) is 17.1 Å². The van der Waals surface area contributed by atoms with Crippen molar-refractivity contribution < 1.29 is 23.9 Å². The van der Waals surface area contributed by atoms with E-state index in [0.717, 1.165) is 4.90 Å². The van der Waals surface area contributed by atoms with Gasteiger partial charge in [0.25, 0.3) is 17.7 Å². The van der Waals surface area contributed by atoms with Crippen LogP contribution >= 0.6 is 46.4 Å². The van der Waals surface area contributed by atoms with E-state index in [9.17, 15) is 19.2 Å². The second-order valence-electron chi connectivity index (χ2n) is 7.58. The normalized spacial score (nSPS) is 13.2. The summed E-state index contributed by atoms with van der Waals surface area (Å²) in [5.74, 6) is -2.52. The number of amides is 3. The topological polar surface area (TPSA) is 105 Å². The first-order valence-corrected chi connectivity index (χ1v) is 11.9. The monoisotopic (exact) mass is 577 g/mol. The molecule has 0 atom stereocenters. The molecule has 0 unspecified atom stereocenters. The Morgan fingerprint density at radius 1 is 0.784 bits per heavy atom. The van der Waals surface area contributed by atoms with Crippen molar-refractivity contribution in [3.05, 3.63) is 97.6 Å². The van der Waals surface area contributed by atoms with Crippen LogP contribution in [0, 0.1) is 0 Å². The van der Waals surface area contributed by atoms with E-state index in [0.29, 0.717) is 16.9 Å². The molecule has 0 fully saturated rings. The number of methoxy groups -OCH3 is 1. The number of esters is 1. The highest BCUT2D eigenvalue weighted by Crippen LogP contribution is 2.38. The van der Waals surface area contributed by atoms with Gasteiger partial charge in [-0.1, -0.05) is 52.5 Å². The number of carbonyl (C=O) groups excluding carboxylic acids is 4. The molecule has 0 aromatic heterocycles. The lowest BCUT2D eigenvalue weighted by atomic mass is 10.1. The van der Waals surface area contributed by atoms with Gasteiger partial charge in [-0.3, -0.25) is 14.4 Å². The number of anilines is 3. The summed E-state index contributed by atoms with van der Waals surface area (Å²) in [6.45, 7) is 0. The smallest absolute Gasteiger partial charge is 0.337 e. The number of carbonyl (C=O) groups is 4. The van der Waals surface area contributed by atoms with Gasteiger partial charge >= 0.3 is 5.97 Å². The Morgan fingerprint density at radius 2 is 1.46 bits per heavy atom. The molecule has 0 bridgehead atoms. The molecule has 0 spiro atoms. The Kier molecular flexibility index (Phi) is 7.75. The lowest BCUT2D eigenvalue weighted by Gasteiger charge is -2.17. The van der Waals surface area contributed by atoms with E-state index in [1.807, 2.05) is 0 Å². The predicted octanol–water partition coefficient (Wildman–Crippen LogP) is 6.12. The van der Waals surface area contributed by atoms with Crippen LogP contribution in [-0.2, 0) is 14.3 Å². The molecule has 1 aliphatic heterocycles. The zero-order chi connectivity index (χ0) is 26.9. The van der Waals surface area contributed by atoms with E-state index in [-0.39, 0.29) is 37.0 Å². The summed E-state index contributed by atoms with van der Waals surface area (Å²) in [7, 11) is 1.28. The van der Waals surface area contributed by atoms with Gasteiger partial charge in [0.15, 0.2) is 0 Å². The maximum absolute atomic E-state index is 13.1. The fraction of sp³-hybridized carbons (Fsp3) is 0.0400. The molecule has 4 rings (SSSR count). The van der Waals surface area contributed by atoms with E-state index in [1.165, 1.54) is 37.4 Å². The lowest BCUT2D eigenvalue weighted by Crippen LogP contribution is -2.32. The third-order valence-electron chi connectivity index (χ3n) is 5.22. The highest BCUT2D eigenvalue weighted by molar-refractivity contribution is 6.54. The molecule has 1 aliphatic rings. The summed E-state index contributed by atoms with van der Waals surface area (Å²) in [5, 5.41) is 5.42. The summed E-state index contributed by atoms with van der Waals surface area (Å²) in [6, 6.07) is 15.0. The fourth-order valence-electron chi connectivity index (χ4n) is 3.41. The Bertz CT molecular complexity index is 1490. The average Bonchev–Trinajstić information content (AvgIpc) is 3.09. The minimum atomic E-state index is -0.807. The van der Waals surface area contributed by atoms with E-state index >= 15 is 0 Å². The number of benzene rings is 3. The van der Waals surface area contributed by atoms with Crippen LogP contribution in [0.1, 0.15) is 20.7 Å². The van der Waals surface area contributed by atoms with Crippen LogP contribution < -0.4 is 15.5 Å². The molecule has 12 heteroatoms. The highest BCUT2D eigenvalue weighted by atomic mass is 35.5. The van der Waals surface area contributed by atoms with Gasteiger partial charge in [-0.2, -0.15) is 0 Å². The summed E-state index contributed by atoms with van der Waals surface area (Å²) < 4.78 is 4.65. The van der Waals surface area contributed by atoms with E-state index < -0.39 is 23.7 Å². The molecule has 3 amide bonds. The van der Waals surface area contributed by atoms with Crippen molar-refractivity contribution in [2.75, 3.05) is 22.6 Å². The van der Waals surface area contributed by atoms with Gasteiger partial charge in [-0.15, -0.1) is 0 Å². The number of ether oxygens (including phenoxy) is 1. The van der Waals surface area contributed by atoms with Crippen molar-refractivity contribution in [2.24, 2.45) is 0 Å². The summed E-state index contributed by atoms with van der Waals surface area (Å²) >= 11 is 24.3. The average molecular weight is 579 g/mol. The standard InChI is InChI=1S/C25H15Cl4N3O5/c1-37-25(36)12-5-7-14(8-6-12)31-22(33)13-3-2-4-15(9-13)30-21-20(29)23(34)32(24(21)35)19-11-17(27)16(26)10-18(19)28/h2-11,30H,1H3,(H,31,33). The fourth-order valence-corrected chi connectivity index (χ4v) is 4.25. The number of nitrogens with zero attached hydrogens (tertiary/aromatic N) is 1. The van der Waals surface area contributed by atoms with Crippen molar-refractivity contribution in [1.82, 2.24) is 0 Å². The van der Waals surface area contributed by atoms with E-state index in [1.54, 1.807) is 30.3 Å². The zero-order valence-corrected chi connectivity index (χ0v) is 21.8. The summed E-state index contributed by atoms with van der Waals surface area (Å²) in [5.41, 5.74) is 1.18. The van der Waals surface area contributed by atoms with Crippen LogP contribution in [0.3, 0.4) is 0 Å². The summed E-state index contributed by atoms with van der Waals surface area (Å²) in [4.78, 5) is 51.0. The maximum Gasteiger partial charge on any atom is 0.337 e. The molecule has 8 nitrogen and oxygen atoms in total. The SMILES string of the molecule is COC(=O)c1ccc(NC(=O)c2cccc(NC3=C(Cl)C(=O)N(c4cc(Cl)c(Cl)cc4Cl)C3=O)c2)cc1. The first-order valence-electron chi connectivity index (χ1n) is 10.4. The Labute approximate surface area is 230 Å². The Balaban J connectivity index is 1.52. The molecule has 3 aromatic rings. The molecular formula is C25H15Cl4N3O5. The van der Waals surface area contributed by atoms with Crippen molar-refractivity contribution in [2.45, 2.75) is 0 Å². The van der Waals surface area contributed by atoms with Gasteiger partial charge in [-0.05, 0) is 54.6 Å². The van der Waals surface area contributed by atoms with Crippen LogP contribution in [0.2, 0.25) is 15.1 Å². The second kappa shape index (κ2) is 10.8. The minimum Gasteiger partial charge on any atom is -0.465 e. The van der Waals surface area contributed by atoms with E-state index in [2.05, 4.69) is 15.4 Å². The van der Waals surface area contributed by atoms with Crippen molar-refractivity contribution in [3.63, 3.8) is 0 Å². The van der Waals surface area contributed by atoms with Crippen LogP contribution in [0.15, 0.2) is 71.4 Å².